The van der Waals surface area contributed by atoms with Gasteiger partial charge in [0.15, 0.2) is 0 Å². The summed E-state index contributed by atoms with van der Waals surface area (Å²) in [4.78, 5) is 13.8. The van der Waals surface area contributed by atoms with Gasteiger partial charge in [0.1, 0.15) is 0 Å². The molecule has 116 valence electrons. The van der Waals surface area contributed by atoms with Crippen LogP contribution in [0.25, 0.3) is 0 Å². The number of hydrogen-bond donors (Lipinski definition) is 3. The smallest absolute Gasteiger partial charge is 0.318 e. The topological polar surface area (TPSA) is 113 Å². The molecule has 0 spiro atoms. The van der Waals surface area contributed by atoms with Gasteiger partial charge in [0.2, 0.25) is 0 Å². The van der Waals surface area contributed by atoms with Crippen LogP contribution in [0.3, 0.4) is 0 Å². The average molecular weight is 296 g/mol. The predicted molar refractivity (Wildman–Crippen MR) is 73.3 cm³/mol. The predicted octanol–water partition coefficient (Wildman–Crippen LogP) is -1.53. The van der Waals surface area contributed by atoms with E-state index in [1.807, 2.05) is 0 Å². The van der Waals surface area contributed by atoms with Crippen molar-refractivity contribution in [1.29, 1.82) is 0 Å². The SMILES string of the molecule is Nc1no[n+]([O-])c1C(=O)NC[C@@H]1CCC[NH+]2CCCC[C@@H]12. The summed E-state index contributed by atoms with van der Waals surface area (Å²) in [5, 5.41) is 17.4. The zero-order valence-electron chi connectivity index (χ0n) is 12.0. The molecule has 0 radical (unpaired) electrons. The first-order valence-electron chi connectivity index (χ1n) is 7.65. The number of quaternary nitrogens is 1. The standard InChI is InChI=1S/C13H21N5O3/c14-12-11(18(20)21-16-12)13(19)15-8-9-4-3-7-17-6-2-1-5-10(9)17/h9-10H,1-8H2,(H2,14,16)(H,15,19)/p+1/t9-,10-/m0/s1. The first-order valence-corrected chi connectivity index (χ1v) is 7.65. The first-order chi connectivity index (χ1) is 10.2. The first kappa shape index (κ1) is 14.1. The molecule has 4 N–H and O–H groups in total. The maximum atomic E-state index is 12.0. The largest absolute Gasteiger partial charge is 0.359 e. The summed E-state index contributed by atoms with van der Waals surface area (Å²) in [6.45, 7) is 3.07. The second-order valence-electron chi connectivity index (χ2n) is 6.04. The minimum atomic E-state index is -0.508. The molecule has 1 aromatic heterocycles. The van der Waals surface area contributed by atoms with Crippen molar-refractivity contribution >= 4 is 11.7 Å². The number of rotatable bonds is 3. The van der Waals surface area contributed by atoms with E-state index in [9.17, 15) is 10.0 Å². The van der Waals surface area contributed by atoms with Crippen LogP contribution in [0, 0.1) is 11.1 Å². The van der Waals surface area contributed by atoms with E-state index in [-0.39, 0.29) is 16.4 Å². The normalized spacial score (nSPS) is 28.9. The molecule has 1 aromatic rings. The van der Waals surface area contributed by atoms with Crippen LogP contribution in [0.4, 0.5) is 5.82 Å². The van der Waals surface area contributed by atoms with E-state index in [1.165, 1.54) is 38.8 Å². The fourth-order valence-corrected chi connectivity index (χ4v) is 3.79. The van der Waals surface area contributed by atoms with E-state index >= 15 is 0 Å². The summed E-state index contributed by atoms with van der Waals surface area (Å²) in [5.74, 6) is -0.207. The van der Waals surface area contributed by atoms with E-state index in [0.29, 0.717) is 18.5 Å². The van der Waals surface area contributed by atoms with Gasteiger partial charge in [0, 0.05) is 12.5 Å². The molecule has 0 bridgehead atoms. The van der Waals surface area contributed by atoms with Crippen LogP contribution in [-0.2, 0) is 0 Å². The van der Waals surface area contributed by atoms with Gasteiger partial charge in [-0.05, 0) is 37.0 Å². The van der Waals surface area contributed by atoms with Crippen LogP contribution >= 0.6 is 0 Å². The van der Waals surface area contributed by atoms with Crippen LogP contribution in [-0.4, -0.2) is 36.7 Å². The van der Waals surface area contributed by atoms with Crippen molar-refractivity contribution in [3.05, 3.63) is 10.9 Å². The van der Waals surface area contributed by atoms with Gasteiger partial charge in [-0.1, -0.05) is 0 Å². The molecule has 8 nitrogen and oxygen atoms in total. The van der Waals surface area contributed by atoms with Gasteiger partial charge in [0.05, 0.1) is 24.3 Å². The number of aromatic nitrogens is 2. The number of carbonyl (C=O) groups excluding carboxylic acids is 1. The lowest BCUT2D eigenvalue weighted by Crippen LogP contribution is -3.18. The summed E-state index contributed by atoms with van der Waals surface area (Å²) in [7, 11) is 0. The van der Waals surface area contributed by atoms with Crippen molar-refractivity contribution in [1.82, 2.24) is 10.5 Å². The van der Waals surface area contributed by atoms with Gasteiger partial charge in [0.25, 0.3) is 0 Å². The molecule has 3 atom stereocenters. The van der Waals surface area contributed by atoms with E-state index in [0.717, 1.165) is 6.42 Å². The second kappa shape index (κ2) is 5.88. The van der Waals surface area contributed by atoms with Crippen molar-refractivity contribution in [3.63, 3.8) is 0 Å². The molecule has 8 heteroatoms. The van der Waals surface area contributed by atoms with Gasteiger partial charge < -0.3 is 21.2 Å². The van der Waals surface area contributed by atoms with E-state index in [1.54, 1.807) is 4.90 Å². The third-order valence-corrected chi connectivity index (χ3v) is 4.81. The Morgan fingerprint density at radius 3 is 3.00 bits per heavy atom. The third-order valence-electron chi connectivity index (χ3n) is 4.81. The number of nitrogens with two attached hydrogens (primary N) is 1. The summed E-state index contributed by atoms with van der Waals surface area (Å²) in [6.07, 6.45) is 6.14. The van der Waals surface area contributed by atoms with Gasteiger partial charge in [-0.2, -0.15) is 0 Å². The number of piperidine rings is 2. The Balaban J connectivity index is 1.60. The number of anilines is 1. The monoisotopic (exact) mass is 296 g/mol. The molecule has 2 saturated heterocycles. The van der Waals surface area contributed by atoms with Gasteiger partial charge in [-0.25, -0.2) is 0 Å². The highest BCUT2D eigenvalue weighted by atomic mass is 16.8. The molecular formula is C13H22N5O3+. The van der Waals surface area contributed by atoms with Crippen molar-refractivity contribution < 1.29 is 19.2 Å². The van der Waals surface area contributed by atoms with Crippen molar-refractivity contribution in [2.45, 2.75) is 38.1 Å². The molecule has 0 aliphatic carbocycles. The molecule has 0 saturated carbocycles. The lowest BCUT2D eigenvalue weighted by molar-refractivity contribution is -0.939. The number of nitrogens with one attached hydrogen (secondary N) is 2. The fourth-order valence-electron chi connectivity index (χ4n) is 3.79. The van der Waals surface area contributed by atoms with Crippen molar-refractivity contribution in [2.24, 2.45) is 5.92 Å². The van der Waals surface area contributed by atoms with Gasteiger partial charge in [-0.3, -0.25) is 9.42 Å². The number of fused-ring (bicyclic) bond motifs is 1. The molecule has 1 amide bonds. The molecule has 2 aliphatic rings. The molecule has 2 fully saturated rings. The maximum absolute atomic E-state index is 12.0. The number of amides is 1. The second-order valence-corrected chi connectivity index (χ2v) is 6.04. The van der Waals surface area contributed by atoms with E-state index < -0.39 is 5.91 Å². The Bertz CT molecular complexity index is 496. The Morgan fingerprint density at radius 1 is 1.43 bits per heavy atom. The van der Waals surface area contributed by atoms with Crippen LogP contribution in [0.5, 0.6) is 0 Å². The minimum absolute atomic E-state index is 0.0592. The summed E-state index contributed by atoms with van der Waals surface area (Å²) in [5.41, 5.74) is 5.22. The summed E-state index contributed by atoms with van der Waals surface area (Å²) >= 11 is 0. The molecule has 3 heterocycles. The van der Waals surface area contributed by atoms with Crippen LogP contribution in [0.15, 0.2) is 4.63 Å². The Kier molecular flexibility index (Phi) is 3.96. The maximum Gasteiger partial charge on any atom is 0.318 e. The van der Waals surface area contributed by atoms with Crippen LogP contribution < -0.4 is 20.9 Å². The number of nitrogens with zero attached hydrogens (tertiary/aromatic N) is 2. The fraction of sp³-hybridized carbons (Fsp3) is 0.769. The number of carbonyl (C=O) groups is 1. The molecule has 3 rings (SSSR count). The zero-order chi connectivity index (χ0) is 14.8. The molecule has 21 heavy (non-hydrogen) atoms. The number of hydrogen-bond acceptors (Lipinski definition) is 5. The van der Waals surface area contributed by atoms with Crippen molar-refractivity contribution in [2.75, 3.05) is 25.4 Å². The highest BCUT2D eigenvalue weighted by Gasteiger charge is 2.37. The lowest BCUT2D eigenvalue weighted by Gasteiger charge is -2.41. The zero-order valence-corrected chi connectivity index (χ0v) is 12.0. The van der Waals surface area contributed by atoms with E-state index in [4.69, 9.17) is 5.73 Å². The van der Waals surface area contributed by atoms with Crippen molar-refractivity contribution in [3.8, 4) is 0 Å². The Hall–Kier alpha value is -1.83. The van der Waals surface area contributed by atoms with Gasteiger partial charge >= 0.3 is 17.4 Å². The highest BCUT2D eigenvalue weighted by molar-refractivity contribution is 5.94. The molecule has 1 unspecified atom stereocenters. The Morgan fingerprint density at radius 2 is 2.24 bits per heavy atom. The minimum Gasteiger partial charge on any atom is -0.359 e. The summed E-state index contributed by atoms with van der Waals surface area (Å²) in [6, 6.07) is 0.631. The molecular weight excluding hydrogens is 274 g/mol. The molecule has 0 aromatic carbocycles. The Labute approximate surface area is 122 Å². The molecule has 2 aliphatic heterocycles. The summed E-state index contributed by atoms with van der Waals surface area (Å²) < 4.78 is 4.32. The quantitative estimate of drug-likeness (QED) is 0.586. The van der Waals surface area contributed by atoms with Crippen LogP contribution in [0.2, 0.25) is 0 Å². The lowest BCUT2D eigenvalue weighted by atomic mass is 9.83. The highest BCUT2D eigenvalue weighted by Crippen LogP contribution is 2.19. The van der Waals surface area contributed by atoms with Gasteiger partial charge in [-0.15, -0.1) is 0 Å². The van der Waals surface area contributed by atoms with Crippen LogP contribution in [0.1, 0.15) is 42.6 Å². The van der Waals surface area contributed by atoms with E-state index in [2.05, 4.69) is 15.1 Å². The number of nitrogen functional groups attached to an aromatic ring is 1. The third kappa shape index (κ3) is 2.80. The average Bonchev–Trinajstić information content (AvgIpc) is 2.84.